The van der Waals surface area contributed by atoms with Crippen molar-refractivity contribution >= 4 is 33.4 Å². The van der Waals surface area contributed by atoms with Crippen LogP contribution in [0.3, 0.4) is 0 Å². The second-order valence-electron chi connectivity index (χ2n) is 5.28. The van der Waals surface area contributed by atoms with E-state index in [4.69, 9.17) is 0 Å². The first-order valence-electron chi connectivity index (χ1n) is 6.89. The second kappa shape index (κ2) is 5.51. The molecule has 0 amide bonds. The zero-order valence-electron chi connectivity index (χ0n) is 12.5. The third-order valence-electron chi connectivity index (χ3n) is 3.89. The third kappa shape index (κ3) is 2.39. The van der Waals surface area contributed by atoms with Crippen LogP contribution in [0.1, 0.15) is 25.5 Å². The Bertz CT molecular complexity index is 858. The first kappa shape index (κ1) is 15.2. The fraction of sp³-hybridized carbons (Fsp3) is 0.188. The highest BCUT2D eigenvalue weighted by atomic mass is 32.1. The monoisotopic (exact) mass is 330 g/mol. The summed E-state index contributed by atoms with van der Waals surface area (Å²) in [5, 5.41) is 24.9. The Morgan fingerprint density at radius 2 is 1.74 bits per heavy atom. The molecule has 0 saturated heterocycles. The lowest BCUT2D eigenvalue weighted by Crippen LogP contribution is -2.31. The Balaban J connectivity index is 2.33. The quantitative estimate of drug-likeness (QED) is 0.800. The standard InChI is InChI=1S/C16H14N2O4S/c1-7-10(15(19)20)12(11(16(21)22)8(2)18-7)13-14-9(3-5-17-13)4-6-23-14/h3-6,12,18H,1-2H3,(H,19,20)(H,21,22). The molecule has 0 bridgehead atoms. The SMILES string of the molecule is CC1=C(C(=O)O)C(c2nccc3ccsc23)C(C(=O)O)=C(C)N1. The van der Waals surface area contributed by atoms with E-state index in [-0.39, 0.29) is 11.1 Å². The number of aliphatic carboxylic acids is 2. The summed E-state index contributed by atoms with van der Waals surface area (Å²) in [6.45, 7) is 3.26. The summed E-state index contributed by atoms with van der Waals surface area (Å²) in [6, 6.07) is 3.73. The van der Waals surface area contributed by atoms with E-state index >= 15 is 0 Å². The van der Waals surface area contributed by atoms with Gasteiger partial charge in [-0.15, -0.1) is 11.3 Å². The maximum Gasteiger partial charge on any atom is 0.334 e. The van der Waals surface area contributed by atoms with Crippen molar-refractivity contribution in [3.8, 4) is 0 Å². The van der Waals surface area contributed by atoms with E-state index in [0.29, 0.717) is 17.1 Å². The number of thiophene rings is 1. The third-order valence-corrected chi connectivity index (χ3v) is 4.84. The molecule has 2 aromatic rings. The van der Waals surface area contributed by atoms with Gasteiger partial charge in [0.2, 0.25) is 0 Å². The summed E-state index contributed by atoms with van der Waals surface area (Å²) in [6.07, 6.45) is 1.58. The lowest BCUT2D eigenvalue weighted by Gasteiger charge is -2.28. The number of fused-ring (bicyclic) bond motifs is 1. The zero-order valence-corrected chi connectivity index (χ0v) is 13.3. The minimum absolute atomic E-state index is 0.0152. The fourth-order valence-electron chi connectivity index (χ4n) is 2.96. The Kier molecular flexibility index (Phi) is 3.65. The normalized spacial score (nSPS) is 15.9. The highest BCUT2D eigenvalue weighted by Crippen LogP contribution is 2.41. The van der Waals surface area contributed by atoms with Crippen molar-refractivity contribution in [1.29, 1.82) is 0 Å². The van der Waals surface area contributed by atoms with Crippen molar-refractivity contribution < 1.29 is 19.8 Å². The Labute approximate surface area is 135 Å². The molecular formula is C16H14N2O4S. The molecule has 0 radical (unpaired) electrons. The van der Waals surface area contributed by atoms with Crippen LogP contribution in [0, 0.1) is 0 Å². The first-order chi connectivity index (χ1) is 10.9. The van der Waals surface area contributed by atoms with Crippen LogP contribution in [0.5, 0.6) is 0 Å². The summed E-state index contributed by atoms with van der Waals surface area (Å²) in [4.78, 5) is 27.8. The van der Waals surface area contributed by atoms with Crippen LogP contribution in [0.2, 0.25) is 0 Å². The summed E-state index contributed by atoms with van der Waals surface area (Å²) < 4.78 is 0.803. The van der Waals surface area contributed by atoms with Crippen molar-refractivity contribution in [2.75, 3.05) is 0 Å². The predicted octanol–water partition coefficient (Wildman–Crippen LogP) is 2.70. The number of nitrogens with one attached hydrogen (secondary N) is 1. The van der Waals surface area contributed by atoms with Crippen LogP contribution < -0.4 is 5.32 Å². The van der Waals surface area contributed by atoms with Gasteiger partial charge in [0.1, 0.15) is 0 Å². The molecule has 7 heteroatoms. The van der Waals surface area contributed by atoms with E-state index in [2.05, 4.69) is 10.3 Å². The highest BCUT2D eigenvalue weighted by Gasteiger charge is 2.38. The number of pyridine rings is 1. The molecule has 6 nitrogen and oxygen atoms in total. The average molecular weight is 330 g/mol. The molecule has 1 aliphatic rings. The fourth-order valence-corrected chi connectivity index (χ4v) is 3.87. The number of carbonyl (C=O) groups is 2. The van der Waals surface area contributed by atoms with Crippen LogP contribution in [-0.2, 0) is 9.59 Å². The number of carboxylic acids is 2. The van der Waals surface area contributed by atoms with Crippen LogP contribution >= 0.6 is 11.3 Å². The van der Waals surface area contributed by atoms with Gasteiger partial charge >= 0.3 is 11.9 Å². The maximum atomic E-state index is 11.8. The number of aromatic nitrogens is 1. The largest absolute Gasteiger partial charge is 0.478 e. The lowest BCUT2D eigenvalue weighted by molar-refractivity contribution is -0.133. The number of rotatable bonds is 3. The molecule has 3 rings (SSSR count). The molecule has 0 aromatic carbocycles. The van der Waals surface area contributed by atoms with E-state index in [0.717, 1.165) is 10.1 Å². The molecule has 0 unspecified atom stereocenters. The van der Waals surface area contributed by atoms with Crippen LogP contribution in [0.25, 0.3) is 10.1 Å². The Morgan fingerprint density at radius 3 is 2.30 bits per heavy atom. The molecule has 23 heavy (non-hydrogen) atoms. The number of carboxylic acid groups (broad SMARTS) is 2. The zero-order chi connectivity index (χ0) is 16.7. The number of nitrogens with zero attached hydrogens (tertiary/aromatic N) is 1. The molecule has 118 valence electrons. The van der Waals surface area contributed by atoms with Crippen molar-refractivity contribution in [2.45, 2.75) is 19.8 Å². The highest BCUT2D eigenvalue weighted by molar-refractivity contribution is 7.17. The van der Waals surface area contributed by atoms with E-state index in [1.165, 1.54) is 11.3 Å². The molecule has 3 heterocycles. The van der Waals surface area contributed by atoms with Gasteiger partial charge in [0.25, 0.3) is 0 Å². The molecule has 0 atom stereocenters. The minimum atomic E-state index is -1.15. The van der Waals surface area contributed by atoms with E-state index in [1.54, 1.807) is 20.0 Å². The average Bonchev–Trinajstić information content (AvgIpc) is 2.93. The minimum Gasteiger partial charge on any atom is -0.478 e. The summed E-state index contributed by atoms with van der Waals surface area (Å²) >= 11 is 1.42. The molecule has 0 spiro atoms. The molecule has 3 N–H and O–H groups in total. The lowest BCUT2D eigenvalue weighted by atomic mass is 9.82. The van der Waals surface area contributed by atoms with E-state index in [9.17, 15) is 19.8 Å². The Hall–Kier alpha value is -2.67. The number of hydrogen-bond donors (Lipinski definition) is 3. The van der Waals surface area contributed by atoms with Gasteiger partial charge in [-0.05, 0) is 36.7 Å². The van der Waals surface area contributed by atoms with Gasteiger partial charge in [-0.3, -0.25) is 4.98 Å². The molecule has 1 aliphatic heterocycles. The van der Waals surface area contributed by atoms with Gasteiger partial charge in [-0.1, -0.05) is 0 Å². The first-order valence-corrected chi connectivity index (χ1v) is 7.77. The van der Waals surface area contributed by atoms with Gasteiger partial charge in [-0.2, -0.15) is 0 Å². The predicted molar refractivity (Wildman–Crippen MR) is 86.2 cm³/mol. The molecule has 0 fully saturated rings. The van der Waals surface area contributed by atoms with Gasteiger partial charge in [0.15, 0.2) is 0 Å². The van der Waals surface area contributed by atoms with Crippen molar-refractivity contribution in [1.82, 2.24) is 10.3 Å². The van der Waals surface area contributed by atoms with Gasteiger partial charge < -0.3 is 15.5 Å². The smallest absolute Gasteiger partial charge is 0.334 e. The van der Waals surface area contributed by atoms with Crippen molar-refractivity contribution in [3.63, 3.8) is 0 Å². The van der Waals surface area contributed by atoms with E-state index < -0.39 is 17.9 Å². The summed E-state index contributed by atoms with van der Waals surface area (Å²) in [5.41, 5.74) is 1.36. The number of hydrogen-bond acceptors (Lipinski definition) is 5. The van der Waals surface area contributed by atoms with Crippen LogP contribution in [0.15, 0.2) is 46.2 Å². The van der Waals surface area contributed by atoms with Gasteiger partial charge in [0, 0.05) is 17.6 Å². The van der Waals surface area contributed by atoms with Gasteiger partial charge in [0.05, 0.1) is 27.5 Å². The molecule has 0 aliphatic carbocycles. The second-order valence-corrected chi connectivity index (χ2v) is 6.20. The maximum absolute atomic E-state index is 11.8. The number of dihydropyridines is 1. The van der Waals surface area contributed by atoms with Crippen molar-refractivity contribution in [3.05, 3.63) is 51.9 Å². The molecule has 0 saturated carbocycles. The van der Waals surface area contributed by atoms with Crippen LogP contribution in [-0.4, -0.2) is 27.1 Å². The topological polar surface area (TPSA) is 99.5 Å². The molecule has 2 aromatic heterocycles. The molecular weight excluding hydrogens is 316 g/mol. The summed E-state index contributed by atoms with van der Waals surface area (Å²) in [7, 11) is 0. The Morgan fingerprint density at radius 1 is 1.13 bits per heavy atom. The van der Waals surface area contributed by atoms with Crippen LogP contribution in [0.4, 0.5) is 0 Å². The summed E-state index contributed by atoms with van der Waals surface area (Å²) in [5.74, 6) is -3.21. The van der Waals surface area contributed by atoms with Crippen molar-refractivity contribution in [2.24, 2.45) is 0 Å². The van der Waals surface area contributed by atoms with Gasteiger partial charge in [-0.25, -0.2) is 9.59 Å². The number of allylic oxidation sites excluding steroid dienone is 2. The van der Waals surface area contributed by atoms with E-state index in [1.807, 2.05) is 17.5 Å².